The molecule has 19 heavy (non-hydrogen) atoms. The van der Waals surface area contributed by atoms with Crippen LogP contribution in [-0.2, 0) is 9.47 Å². The average molecular weight is 269 g/mol. The number of nitrogens with one attached hydrogen (secondary N) is 1. The van der Waals surface area contributed by atoms with E-state index in [1.165, 1.54) is 12.8 Å². The molecule has 0 aromatic rings. The van der Waals surface area contributed by atoms with Gasteiger partial charge in [0.05, 0.1) is 11.2 Å². The first-order valence-electron chi connectivity index (χ1n) is 7.85. The Morgan fingerprint density at radius 3 is 2.47 bits per heavy atom. The van der Waals surface area contributed by atoms with Gasteiger partial charge in [-0.1, -0.05) is 6.92 Å². The molecule has 112 valence electrons. The van der Waals surface area contributed by atoms with E-state index in [-0.39, 0.29) is 11.2 Å². The van der Waals surface area contributed by atoms with Gasteiger partial charge in [-0.2, -0.15) is 0 Å². The minimum absolute atomic E-state index is 0.00795. The van der Waals surface area contributed by atoms with Crippen LogP contribution in [0.25, 0.3) is 0 Å². The largest absolute Gasteiger partial charge is 0.381 e. The van der Waals surface area contributed by atoms with Crippen molar-refractivity contribution in [2.75, 3.05) is 19.8 Å². The molecule has 3 heteroatoms. The van der Waals surface area contributed by atoms with Crippen LogP contribution in [0.1, 0.15) is 53.9 Å². The molecule has 0 aromatic carbocycles. The van der Waals surface area contributed by atoms with E-state index >= 15 is 0 Å². The van der Waals surface area contributed by atoms with Crippen molar-refractivity contribution in [1.29, 1.82) is 0 Å². The fraction of sp³-hybridized carbons (Fsp3) is 1.00. The second kappa shape index (κ2) is 5.71. The zero-order valence-corrected chi connectivity index (χ0v) is 13.3. The highest BCUT2D eigenvalue weighted by molar-refractivity contribution is 5.00. The second-order valence-corrected chi connectivity index (χ2v) is 7.41. The maximum absolute atomic E-state index is 6.27. The van der Waals surface area contributed by atoms with E-state index in [2.05, 4.69) is 39.9 Å². The van der Waals surface area contributed by atoms with Crippen molar-refractivity contribution >= 4 is 0 Å². The second-order valence-electron chi connectivity index (χ2n) is 7.41. The Bertz CT molecular complexity index is 295. The Labute approximate surface area is 118 Å². The van der Waals surface area contributed by atoms with E-state index in [9.17, 15) is 0 Å². The van der Waals surface area contributed by atoms with Gasteiger partial charge < -0.3 is 14.8 Å². The summed E-state index contributed by atoms with van der Waals surface area (Å²) in [6.07, 6.45) is 3.59. The Kier molecular flexibility index (Phi) is 4.59. The molecule has 1 N–H and O–H groups in total. The van der Waals surface area contributed by atoms with E-state index in [1.54, 1.807) is 0 Å². The third-order valence-corrected chi connectivity index (χ3v) is 4.71. The molecule has 3 unspecified atom stereocenters. The van der Waals surface area contributed by atoms with Crippen molar-refractivity contribution in [3.8, 4) is 0 Å². The van der Waals surface area contributed by atoms with Crippen LogP contribution in [0.5, 0.6) is 0 Å². The SMILES string of the molecule is CCNC(CC1CCOC1)C1CC(C)(C)OC1(C)C. The van der Waals surface area contributed by atoms with E-state index in [0.717, 1.165) is 32.1 Å². The molecule has 3 nitrogen and oxygen atoms in total. The first kappa shape index (κ1) is 15.3. The Morgan fingerprint density at radius 2 is 2.00 bits per heavy atom. The lowest BCUT2D eigenvalue weighted by Crippen LogP contribution is -2.45. The van der Waals surface area contributed by atoms with Gasteiger partial charge in [-0.15, -0.1) is 0 Å². The number of rotatable bonds is 5. The molecular weight excluding hydrogens is 238 g/mol. The Morgan fingerprint density at radius 1 is 1.26 bits per heavy atom. The van der Waals surface area contributed by atoms with Crippen LogP contribution in [0.2, 0.25) is 0 Å². The van der Waals surface area contributed by atoms with Gasteiger partial charge in [-0.25, -0.2) is 0 Å². The monoisotopic (exact) mass is 269 g/mol. The number of hydrogen-bond acceptors (Lipinski definition) is 3. The number of hydrogen-bond donors (Lipinski definition) is 1. The standard InChI is InChI=1S/C16H31NO2/c1-6-17-14(9-12-7-8-18-11-12)13-10-15(2,3)19-16(13,4)5/h12-14,17H,6-11H2,1-5H3. The van der Waals surface area contributed by atoms with Crippen LogP contribution in [0, 0.1) is 11.8 Å². The predicted molar refractivity (Wildman–Crippen MR) is 78.4 cm³/mol. The zero-order valence-electron chi connectivity index (χ0n) is 13.3. The molecular formula is C16H31NO2. The van der Waals surface area contributed by atoms with Crippen LogP contribution in [0.15, 0.2) is 0 Å². The summed E-state index contributed by atoms with van der Waals surface area (Å²) in [5, 5.41) is 3.71. The molecule has 2 aliphatic heterocycles. The van der Waals surface area contributed by atoms with Crippen molar-refractivity contribution in [1.82, 2.24) is 5.32 Å². The van der Waals surface area contributed by atoms with Crippen molar-refractivity contribution < 1.29 is 9.47 Å². The molecule has 2 heterocycles. The Hall–Kier alpha value is -0.120. The highest BCUT2D eigenvalue weighted by Crippen LogP contribution is 2.44. The first-order valence-corrected chi connectivity index (χ1v) is 7.85. The van der Waals surface area contributed by atoms with Gasteiger partial charge in [-0.05, 0) is 59.4 Å². The molecule has 3 atom stereocenters. The van der Waals surface area contributed by atoms with Crippen molar-refractivity contribution in [3.05, 3.63) is 0 Å². The summed E-state index contributed by atoms with van der Waals surface area (Å²) in [5.74, 6) is 1.31. The molecule has 0 radical (unpaired) electrons. The predicted octanol–water partition coefficient (Wildman–Crippen LogP) is 2.98. The van der Waals surface area contributed by atoms with Crippen molar-refractivity contribution in [3.63, 3.8) is 0 Å². The molecule has 2 fully saturated rings. The first-order chi connectivity index (χ1) is 8.84. The quantitative estimate of drug-likeness (QED) is 0.832. The fourth-order valence-corrected chi connectivity index (χ4v) is 4.01. The Balaban J connectivity index is 2.05. The molecule has 2 aliphatic rings. The minimum atomic E-state index is -0.0319. The summed E-state index contributed by atoms with van der Waals surface area (Å²) in [6, 6.07) is 0.550. The topological polar surface area (TPSA) is 30.5 Å². The molecule has 2 rings (SSSR count). The average Bonchev–Trinajstić information content (AvgIpc) is 2.83. The smallest absolute Gasteiger partial charge is 0.0677 e. The molecule has 0 saturated carbocycles. The highest BCUT2D eigenvalue weighted by Gasteiger charge is 2.49. The highest BCUT2D eigenvalue weighted by atomic mass is 16.5. The van der Waals surface area contributed by atoms with Gasteiger partial charge in [0.25, 0.3) is 0 Å². The summed E-state index contributed by atoms with van der Waals surface area (Å²) in [4.78, 5) is 0. The molecule has 0 aromatic heterocycles. The minimum Gasteiger partial charge on any atom is -0.381 e. The van der Waals surface area contributed by atoms with Gasteiger partial charge in [0.15, 0.2) is 0 Å². The van der Waals surface area contributed by atoms with Crippen molar-refractivity contribution in [2.45, 2.75) is 71.1 Å². The van der Waals surface area contributed by atoms with Gasteiger partial charge in [0.1, 0.15) is 0 Å². The lowest BCUT2D eigenvalue weighted by Gasteiger charge is -2.34. The van der Waals surface area contributed by atoms with E-state index in [4.69, 9.17) is 9.47 Å². The van der Waals surface area contributed by atoms with E-state index in [1.807, 2.05) is 0 Å². The summed E-state index contributed by atoms with van der Waals surface area (Å²) in [6.45, 7) is 14.1. The van der Waals surface area contributed by atoms with Crippen LogP contribution in [0.4, 0.5) is 0 Å². The maximum atomic E-state index is 6.27. The van der Waals surface area contributed by atoms with Gasteiger partial charge in [0, 0.05) is 25.2 Å². The maximum Gasteiger partial charge on any atom is 0.0677 e. The molecule has 0 aliphatic carbocycles. The summed E-state index contributed by atoms with van der Waals surface area (Å²) < 4.78 is 11.8. The lowest BCUT2D eigenvalue weighted by atomic mass is 9.78. The van der Waals surface area contributed by atoms with Gasteiger partial charge in [-0.3, -0.25) is 0 Å². The van der Waals surface area contributed by atoms with Gasteiger partial charge in [0.2, 0.25) is 0 Å². The van der Waals surface area contributed by atoms with Crippen LogP contribution in [-0.4, -0.2) is 37.0 Å². The van der Waals surface area contributed by atoms with Crippen LogP contribution < -0.4 is 5.32 Å². The third-order valence-electron chi connectivity index (χ3n) is 4.71. The summed E-state index contributed by atoms with van der Waals surface area (Å²) >= 11 is 0. The zero-order chi connectivity index (χ0) is 14.1. The normalized spacial score (nSPS) is 34.6. The molecule has 0 spiro atoms. The summed E-state index contributed by atoms with van der Waals surface area (Å²) in [7, 11) is 0. The fourth-order valence-electron chi connectivity index (χ4n) is 4.01. The molecule has 2 saturated heterocycles. The van der Waals surface area contributed by atoms with E-state index in [0.29, 0.717) is 12.0 Å². The summed E-state index contributed by atoms with van der Waals surface area (Å²) in [5.41, 5.74) is -0.0240. The van der Waals surface area contributed by atoms with E-state index < -0.39 is 0 Å². The number of ether oxygens (including phenoxy) is 2. The van der Waals surface area contributed by atoms with Crippen molar-refractivity contribution in [2.24, 2.45) is 11.8 Å². The lowest BCUT2D eigenvalue weighted by molar-refractivity contribution is -0.0782. The van der Waals surface area contributed by atoms with Crippen LogP contribution >= 0.6 is 0 Å². The van der Waals surface area contributed by atoms with Crippen LogP contribution in [0.3, 0.4) is 0 Å². The van der Waals surface area contributed by atoms with Gasteiger partial charge >= 0.3 is 0 Å². The third kappa shape index (κ3) is 3.71. The molecule has 0 amide bonds. The molecule has 0 bridgehead atoms.